The molecule has 1 aliphatic heterocycles. The van der Waals surface area contributed by atoms with Gasteiger partial charge in [-0.05, 0) is 6.42 Å². The number of aromatic nitrogens is 3. The van der Waals surface area contributed by atoms with E-state index < -0.39 is 9.84 Å². The van der Waals surface area contributed by atoms with E-state index in [0.717, 1.165) is 0 Å². The predicted molar refractivity (Wildman–Crippen MR) is 88.5 cm³/mol. The first-order chi connectivity index (χ1) is 11.0. The first-order valence-corrected chi connectivity index (χ1v) is 10.1. The van der Waals surface area contributed by atoms with Crippen molar-refractivity contribution in [1.82, 2.24) is 14.8 Å². The lowest BCUT2D eigenvalue weighted by Gasteiger charge is -2.07. The molecule has 3 rings (SSSR count). The summed E-state index contributed by atoms with van der Waals surface area (Å²) in [6.45, 7) is 0. The van der Waals surface area contributed by atoms with E-state index in [4.69, 9.17) is 0 Å². The summed E-state index contributed by atoms with van der Waals surface area (Å²) in [7, 11) is -1.14. The molecule has 1 aromatic heterocycles. The molecule has 0 aliphatic carbocycles. The second-order valence-electron chi connectivity index (χ2n) is 5.58. The Morgan fingerprint density at radius 3 is 2.70 bits per heavy atom. The molecule has 0 radical (unpaired) electrons. The summed E-state index contributed by atoms with van der Waals surface area (Å²) in [5.41, 5.74) is 0.671. The Morgan fingerprint density at radius 1 is 1.30 bits per heavy atom. The molecule has 1 aromatic carbocycles. The molecule has 23 heavy (non-hydrogen) atoms. The number of rotatable bonds is 5. The number of hydrogen-bond acceptors (Lipinski definition) is 6. The third kappa shape index (κ3) is 3.64. The summed E-state index contributed by atoms with van der Waals surface area (Å²) in [5, 5.41) is 8.87. The second kappa shape index (κ2) is 6.45. The normalized spacial score (nSPS) is 19.8. The molecule has 0 amide bonds. The highest BCUT2D eigenvalue weighted by Gasteiger charge is 2.32. The van der Waals surface area contributed by atoms with Crippen LogP contribution in [0.25, 0.3) is 0 Å². The molecule has 1 saturated heterocycles. The highest BCUT2D eigenvalue weighted by Crippen LogP contribution is 2.29. The standard InChI is InChI=1S/C15H17N3O3S2/c1-18-14(12-7-8-23(20,21)10-12)16-17-15(18)22-9-13(19)11-5-3-2-4-6-11/h2-6,12H,7-10H2,1H3/t12-/m1/s1. The van der Waals surface area contributed by atoms with Gasteiger partial charge in [0, 0.05) is 18.5 Å². The number of carbonyl (C=O) groups excluding carboxylic acids is 1. The maximum absolute atomic E-state index is 12.1. The topological polar surface area (TPSA) is 81.9 Å². The van der Waals surface area contributed by atoms with Gasteiger partial charge in [0.25, 0.3) is 0 Å². The zero-order chi connectivity index (χ0) is 16.4. The lowest BCUT2D eigenvalue weighted by atomic mass is 10.1. The SMILES string of the molecule is Cn1c(SCC(=O)c2ccccc2)nnc1[C@@H]1CCS(=O)(=O)C1. The monoisotopic (exact) mass is 351 g/mol. The Labute approximate surface area is 139 Å². The van der Waals surface area contributed by atoms with Crippen molar-refractivity contribution in [3.8, 4) is 0 Å². The van der Waals surface area contributed by atoms with E-state index in [1.165, 1.54) is 11.8 Å². The van der Waals surface area contributed by atoms with Gasteiger partial charge in [0.05, 0.1) is 17.3 Å². The number of sulfone groups is 1. The Balaban J connectivity index is 1.67. The lowest BCUT2D eigenvalue weighted by molar-refractivity contribution is 0.102. The van der Waals surface area contributed by atoms with Crippen LogP contribution in [0.15, 0.2) is 35.5 Å². The van der Waals surface area contributed by atoms with Gasteiger partial charge in [-0.2, -0.15) is 0 Å². The number of ketones is 1. The van der Waals surface area contributed by atoms with Crippen molar-refractivity contribution in [3.05, 3.63) is 41.7 Å². The molecule has 2 heterocycles. The van der Waals surface area contributed by atoms with Crippen LogP contribution >= 0.6 is 11.8 Å². The van der Waals surface area contributed by atoms with Crippen molar-refractivity contribution >= 4 is 27.4 Å². The number of nitrogens with zero attached hydrogens (tertiary/aromatic N) is 3. The van der Waals surface area contributed by atoms with Crippen LogP contribution in [0.5, 0.6) is 0 Å². The molecule has 0 spiro atoms. The largest absolute Gasteiger partial charge is 0.309 e. The Morgan fingerprint density at radius 2 is 2.04 bits per heavy atom. The van der Waals surface area contributed by atoms with Crippen LogP contribution in [-0.2, 0) is 16.9 Å². The second-order valence-corrected chi connectivity index (χ2v) is 8.75. The number of thioether (sulfide) groups is 1. The summed E-state index contributed by atoms with van der Waals surface area (Å²) in [6.07, 6.45) is 0.585. The Bertz CT molecular complexity index is 816. The van der Waals surface area contributed by atoms with Crippen molar-refractivity contribution in [2.45, 2.75) is 17.5 Å². The molecule has 0 unspecified atom stereocenters. The van der Waals surface area contributed by atoms with Crippen molar-refractivity contribution in [2.24, 2.45) is 7.05 Å². The highest BCUT2D eigenvalue weighted by atomic mass is 32.2. The Hall–Kier alpha value is -1.67. The van der Waals surface area contributed by atoms with E-state index in [9.17, 15) is 13.2 Å². The fraction of sp³-hybridized carbons (Fsp3) is 0.400. The van der Waals surface area contributed by atoms with E-state index in [1.807, 2.05) is 25.2 Å². The minimum absolute atomic E-state index is 0.0311. The third-order valence-electron chi connectivity index (χ3n) is 3.89. The van der Waals surface area contributed by atoms with Gasteiger partial charge in [-0.25, -0.2) is 8.42 Å². The van der Waals surface area contributed by atoms with Gasteiger partial charge in [-0.1, -0.05) is 42.1 Å². The molecule has 122 valence electrons. The minimum atomic E-state index is -2.95. The van der Waals surface area contributed by atoms with Gasteiger partial charge >= 0.3 is 0 Å². The van der Waals surface area contributed by atoms with Gasteiger partial charge in [0.1, 0.15) is 5.82 Å². The number of carbonyl (C=O) groups is 1. The fourth-order valence-electron chi connectivity index (χ4n) is 2.64. The molecule has 1 atom stereocenters. The van der Waals surface area contributed by atoms with Crippen LogP contribution in [0, 0.1) is 0 Å². The minimum Gasteiger partial charge on any atom is -0.309 e. The van der Waals surface area contributed by atoms with Gasteiger partial charge in [-0.3, -0.25) is 4.79 Å². The van der Waals surface area contributed by atoms with E-state index in [0.29, 0.717) is 23.0 Å². The summed E-state index contributed by atoms with van der Waals surface area (Å²) >= 11 is 1.32. The van der Waals surface area contributed by atoms with Crippen LogP contribution in [0.1, 0.15) is 28.5 Å². The molecule has 0 N–H and O–H groups in total. The number of benzene rings is 1. The smallest absolute Gasteiger partial charge is 0.191 e. The molecule has 6 nitrogen and oxygen atoms in total. The first-order valence-electron chi connectivity index (χ1n) is 7.27. The molecule has 2 aromatic rings. The van der Waals surface area contributed by atoms with E-state index in [1.54, 1.807) is 16.7 Å². The Kier molecular flexibility index (Phi) is 4.54. The predicted octanol–water partition coefficient (Wildman–Crippen LogP) is 1.69. The van der Waals surface area contributed by atoms with E-state index in [2.05, 4.69) is 10.2 Å². The van der Waals surface area contributed by atoms with Gasteiger partial charge in [-0.15, -0.1) is 10.2 Å². The van der Waals surface area contributed by atoms with Crippen molar-refractivity contribution < 1.29 is 13.2 Å². The van der Waals surface area contributed by atoms with Gasteiger partial charge in [0.15, 0.2) is 20.8 Å². The van der Waals surface area contributed by atoms with Crippen LogP contribution in [-0.4, -0.2) is 46.2 Å². The fourth-order valence-corrected chi connectivity index (χ4v) is 5.20. The maximum Gasteiger partial charge on any atom is 0.191 e. The van der Waals surface area contributed by atoms with Crippen LogP contribution in [0.4, 0.5) is 0 Å². The van der Waals surface area contributed by atoms with E-state index in [-0.39, 0.29) is 29.0 Å². The van der Waals surface area contributed by atoms with Gasteiger partial charge in [0.2, 0.25) is 0 Å². The van der Waals surface area contributed by atoms with E-state index >= 15 is 0 Å². The zero-order valence-electron chi connectivity index (χ0n) is 12.7. The zero-order valence-corrected chi connectivity index (χ0v) is 14.3. The molecular weight excluding hydrogens is 334 g/mol. The highest BCUT2D eigenvalue weighted by molar-refractivity contribution is 7.99. The van der Waals surface area contributed by atoms with Crippen molar-refractivity contribution in [1.29, 1.82) is 0 Å². The first kappa shape index (κ1) is 16.2. The van der Waals surface area contributed by atoms with Crippen molar-refractivity contribution in [3.63, 3.8) is 0 Å². The molecule has 0 bridgehead atoms. The molecule has 0 saturated carbocycles. The molecule has 8 heteroatoms. The van der Waals surface area contributed by atoms with Crippen molar-refractivity contribution in [2.75, 3.05) is 17.3 Å². The average Bonchev–Trinajstić information content (AvgIpc) is 3.08. The average molecular weight is 351 g/mol. The number of hydrogen-bond donors (Lipinski definition) is 0. The summed E-state index contributed by atoms with van der Waals surface area (Å²) in [5.74, 6) is 1.23. The maximum atomic E-state index is 12.1. The molecular formula is C15H17N3O3S2. The van der Waals surface area contributed by atoms with Crippen LogP contribution < -0.4 is 0 Å². The molecule has 1 aliphatic rings. The summed E-state index contributed by atoms with van der Waals surface area (Å²) in [4.78, 5) is 12.1. The molecule has 1 fully saturated rings. The van der Waals surface area contributed by atoms with Gasteiger partial charge < -0.3 is 4.57 Å². The van der Waals surface area contributed by atoms with Crippen LogP contribution in [0.2, 0.25) is 0 Å². The lowest BCUT2D eigenvalue weighted by Crippen LogP contribution is -2.09. The summed E-state index contributed by atoms with van der Waals surface area (Å²) < 4.78 is 25.0. The summed E-state index contributed by atoms with van der Waals surface area (Å²) in [6, 6.07) is 9.11. The third-order valence-corrected chi connectivity index (χ3v) is 6.68. The van der Waals surface area contributed by atoms with Crippen LogP contribution in [0.3, 0.4) is 0 Å². The number of Topliss-reactive ketones (excluding diaryl/α,β-unsaturated/α-hetero) is 1. The quantitative estimate of drug-likeness (QED) is 0.602.